The number of fused-ring (bicyclic) bond motifs is 1. The summed E-state index contributed by atoms with van der Waals surface area (Å²) in [6.07, 6.45) is 8.37. The van der Waals surface area contributed by atoms with E-state index in [1.165, 1.54) is 24.0 Å². The second-order valence-corrected chi connectivity index (χ2v) is 10.2. The van der Waals surface area contributed by atoms with Crippen LogP contribution in [0.25, 0.3) is 0 Å². The maximum atomic E-state index is 13.2. The smallest absolute Gasteiger partial charge is 0.242 e. The monoisotopic (exact) mass is 439 g/mol. The Morgan fingerprint density at radius 3 is 2.38 bits per heavy atom. The van der Waals surface area contributed by atoms with Gasteiger partial charge in [0.25, 0.3) is 0 Å². The fraction of sp³-hybridized carbons (Fsp3) is 0.692. The summed E-state index contributed by atoms with van der Waals surface area (Å²) >= 11 is 0. The van der Waals surface area contributed by atoms with Gasteiger partial charge in [0.2, 0.25) is 11.8 Å². The lowest BCUT2D eigenvalue weighted by atomic mass is 9.94. The van der Waals surface area contributed by atoms with Crippen LogP contribution in [-0.2, 0) is 27.2 Å². The van der Waals surface area contributed by atoms with Gasteiger partial charge in [-0.3, -0.25) is 14.5 Å². The molecule has 0 aromatic heterocycles. The molecule has 1 atom stereocenters. The van der Waals surface area contributed by atoms with Gasteiger partial charge in [-0.1, -0.05) is 24.3 Å². The largest absolute Gasteiger partial charge is 0.376 e. The minimum Gasteiger partial charge on any atom is -0.376 e. The lowest BCUT2D eigenvalue weighted by molar-refractivity contribution is -0.140. The first-order chi connectivity index (χ1) is 15.7. The predicted octanol–water partition coefficient (Wildman–Crippen LogP) is 2.50. The second kappa shape index (κ2) is 9.92. The number of likely N-dealkylation sites (tertiary alicyclic amines) is 2. The van der Waals surface area contributed by atoms with Crippen LogP contribution in [-0.4, -0.2) is 84.5 Å². The average Bonchev–Trinajstić information content (AvgIpc) is 3.55. The molecular weight excluding hydrogens is 402 g/mol. The Labute approximate surface area is 191 Å². The molecule has 0 bridgehead atoms. The van der Waals surface area contributed by atoms with Crippen molar-refractivity contribution in [3.8, 4) is 0 Å². The van der Waals surface area contributed by atoms with E-state index in [2.05, 4.69) is 29.2 Å². The van der Waals surface area contributed by atoms with Gasteiger partial charge in [0, 0.05) is 38.7 Å². The summed E-state index contributed by atoms with van der Waals surface area (Å²) in [6, 6.07) is 9.51. The number of carbonyl (C=O) groups excluding carboxylic acids is 2. The summed E-state index contributed by atoms with van der Waals surface area (Å²) in [5, 5.41) is 0. The summed E-state index contributed by atoms with van der Waals surface area (Å²) in [5.41, 5.74) is 3.04. The van der Waals surface area contributed by atoms with E-state index in [1.54, 1.807) is 4.90 Å². The number of piperidine rings is 1. The first-order valence-corrected chi connectivity index (χ1v) is 12.6. The Morgan fingerprint density at radius 2 is 1.75 bits per heavy atom. The Hall–Kier alpha value is -1.92. The standard InChI is InChI=1S/C26H37N3O3/c30-25-8-3-11-28(25)19-26(31)29(18-24-7-4-14-32-24)17-20-9-12-27(13-10-20)23-15-21-5-1-2-6-22(21)16-23/h1-2,5-6,20,23-24H,3-4,7-19H2/t24-/m0/s1. The van der Waals surface area contributed by atoms with Gasteiger partial charge in [0.15, 0.2) is 0 Å². The molecule has 6 heteroatoms. The minimum atomic E-state index is 0.101. The van der Waals surface area contributed by atoms with E-state index in [9.17, 15) is 9.59 Å². The zero-order chi connectivity index (χ0) is 21.9. The van der Waals surface area contributed by atoms with E-state index in [1.807, 2.05) is 4.90 Å². The van der Waals surface area contributed by atoms with Gasteiger partial charge in [-0.2, -0.15) is 0 Å². The lowest BCUT2D eigenvalue weighted by Gasteiger charge is -2.38. The summed E-state index contributed by atoms with van der Waals surface area (Å²) in [5.74, 6) is 0.764. The molecule has 3 heterocycles. The van der Waals surface area contributed by atoms with E-state index >= 15 is 0 Å². The number of carbonyl (C=O) groups is 2. The fourth-order valence-corrected chi connectivity index (χ4v) is 6.05. The van der Waals surface area contributed by atoms with Crippen LogP contribution in [0.3, 0.4) is 0 Å². The van der Waals surface area contributed by atoms with Crippen LogP contribution in [0.2, 0.25) is 0 Å². The van der Waals surface area contributed by atoms with E-state index < -0.39 is 0 Å². The molecule has 6 nitrogen and oxygen atoms in total. The molecule has 5 rings (SSSR count). The zero-order valence-electron chi connectivity index (χ0n) is 19.2. The number of nitrogens with zero attached hydrogens (tertiary/aromatic N) is 3. The molecule has 0 radical (unpaired) electrons. The maximum Gasteiger partial charge on any atom is 0.242 e. The second-order valence-electron chi connectivity index (χ2n) is 10.2. The van der Waals surface area contributed by atoms with Gasteiger partial charge < -0.3 is 14.5 Å². The molecule has 2 amide bonds. The molecule has 0 saturated carbocycles. The molecule has 1 aromatic rings. The Kier molecular flexibility index (Phi) is 6.79. The van der Waals surface area contributed by atoms with Crippen molar-refractivity contribution in [3.63, 3.8) is 0 Å². The molecule has 174 valence electrons. The summed E-state index contributed by atoms with van der Waals surface area (Å²) in [7, 11) is 0. The summed E-state index contributed by atoms with van der Waals surface area (Å²) in [4.78, 5) is 31.6. The highest BCUT2D eigenvalue weighted by Crippen LogP contribution is 2.29. The molecule has 0 N–H and O–H groups in total. The molecule has 3 saturated heterocycles. The SMILES string of the molecule is O=C1CCCN1CC(=O)N(CC1CCN(C2Cc3ccccc3C2)CC1)C[C@@H]1CCCO1. The Bertz CT molecular complexity index is 789. The topological polar surface area (TPSA) is 53.1 Å². The number of hydrogen-bond acceptors (Lipinski definition) is 4. The van der Waals surface area contributed by atoms with Crippen molar-refractivity contribution >= 4 is 11.8 Å². The molecular formula is C26H37N3O3. The number of rotatable bonds is 7. The number of amides is 2. The number of ether oxygens (including phenoxy) is 1. The van der Waals surface area contributed by atoms with Crippen molar-refractivity contribution in [1.82, 2.24) is 14.7 Å². The molecule has 32 heavy (non-hydrogen) atoms. The van der Waals surface area contributed by atoms with Crippen molar-refractivity contribution in [2.24, 2.45) is 5.92 Å². The highest BCUT2D eigenvalue weighted by molar-refractivity contribution is 5.85. The third-order valence-corrected chi connectivity index (χ3v) is 7.97. The first-order valence-electron chi connectivity index (χ1n) is 12.6. The van der Waals surface area contributed by atoms with Crippen molar-refractivity contribution < 1.29 is 14.3 Å². The van der Waals surface area contributed by atoms with Crippen LogP contribution in [0.4, 0.5) is 0 Å². The van der Waals surface area contributed by atoms with Gasteiger partial charge >= 0.3 is 0 Å². The van der Waals surface area contributed by atoms with Crippen LogP contribution < -0.4 is 0 Å². The Balaban J connectivity index is 1.15. The number of benzene rings is 1. The predicted molar refractivity (Wildman–Crippen MR) is 123 cm³/mol. The maximum absolute atomic E-state index is 13.2. The van der Waals surface area contributed by atoms with Gasteiger partial charge in [0.1, 0.15) is 0 Å². The van der Waals surface area contributed by atoms with Gasteiger partial charge in [0.05, 0.1) is 12.6 Å². The fourth-order valence-electron chi connectivity index (χ4n) is 6.05. The van der Waals surface area contributed by atoms with Crippen molar-refractivity contribution in [2.75, 3.05) is 45.9 Å². The molecule has 4 aliphatic rings. The lowest BCUT2D eigenvalue weighted by Crippen LogP contribution is -2.48. The van der Waals surface area contributed by atoms with Crippen molar-refractivity contribution in [3.05, 3.63) is 35.4 Å². The van der Waals surface area contributed by atoms with E-state index in [0.717, 1.165) is 64.9 Å². The molecule has 1 aromatic carbocycles. The van der Waals surface area contributed by atoms with Crippen molar-refractivity contribution in [1.29, 1.82) is 0 Å². The van der Waals surface area contributed by atoms with Gasteiger partial charge in [-0.05, 0) is 75.1 Å². The van der Waals surface area contributed by atoms with Crippen molar-refractivity contribution in [2.45, 2.75) is 63.5 Å². The molecule has 0 unspecified atom stereocenters. The van der Waals surface area contributed by atoms with Gasteiger partial charge in [-0.15, -0.1) is 0 Å². The van der Waals surface area contributed by atoms with E-state index in [-0.39, 0.29) is 24.5 Å². The van der Waals surface area contributed by atoms with Gasteiger partial charge in [-0.25, -0.2) is 0 Å². The third kappa shape index (κ3) is 5.01. The Morgan fingerprint density at radius 1 is 1.00 bits per heavy atom. The molecule has 0 spiro atoms. The minimum absolute atomic E-state index is 0.101. The summed E-state index contributed by atoms with van der Waals surface area (Å²) in [6.45, 7) is 5.50. The number of hydrogen-bond donors (Lipinski definition) is 0. The first kappa shape index (κ1) is 21.9. The van der Waals surface area contributed by atoms with E-state index in [0.29, 0.717) is 24.9 Å². The third-order valence-electron chi connectivity index (χ3n) is 7.97. The van der Waals surface area contributed by atoms with E-state index in [4.69, 9.17) is 4.74 Å². The molecule has 3 fully saturated rings. The molecule has 3 aliphatic heterocycles. The highest BCUT2D eigenvalue weighted by atomic mass is 16.5. The summed E-state index contributed by atoms with van der Waals surface area (Å²) < 4.78 is 5.85. The highest BCUT2D eigenvalue weighted by Gasteiger charge is 2.32. The molecule has 1 aliphatic carbocycles. The van der Waals surface area contributed by atoms with Crippen LogP contribution in [0.1, 0.15) is 49.7 Å². The van der Waals surface area contributed by atoms with Crippen LogP contribution in [0.15, 0.2) is 24.3 Å². The quantitative estimate of drug-likeness (QED) is 0.655. The zero-order valence-corrected chi connectivity index (χ0v) is 19.2. The average molecular weight is 440 g/mol. The van der Waals surface area contributed by atoms with Crippen LogP contribution >= 0.6 is 0 Å². The van der Waals surface area contributed by atoms with Crippen LogP contribution in [0.5, 0.6) is 0 Å². The normalized spacial score (nSPS) is 24.9. The van der Waals surface area contributed by atoms with Crippen LogP contribution in [0, 0.1) is 5.92 Å².